The lowest BCUT2D eigenvalue weighted by Crippen LogP contribution is -2.29. The Morgan fingerprint density at radius 2 is 1.62 bits per heavy atom. The van der Waals surface area contributed by atoms with Crippen molar-refractivity contribution in [2.45, 2.75) is 33.0 Å². The zero-order chi connectivity index (χ0) is 32.7. The zero-order valence-electron chi connectivity index (χ0n) is 25.4. The average Bonchev–Trinajstić information content (AvgIpc) is 2.98. The van der Waals surface area contributed by atoms with Crippen LogP contribution >= 0.6 is 0 Å². The number of nitrogens with zero attached hydrogens (tertiary/aromatic N) is 3. The first kappa shape index (κ1) is 32.8. The van der Waals surface area contributed by atoms with Gasteiger partial charge < -0.3 is 18.9 Å². The fraction of sp³-hybridized carbons (Fsp3) is 0.265. The van der Waals surface area contributed by atoms with Gasteiger partial charge in [0.05, 0.1) is 24.4 Å². The third kappa shape index (κ3) is 8.52. The highest BCUT2D eigenvalue weighted by atomic mass is 19.4. The monoisotopic (exact) mass is 618 g/mol. The lowest BCUT2D eigenvalue weighted by atomic mass is 10.0. The summed E-state index contributed by atoms with van der Waals surface area (Å²) in [6.07, 6.45) is -4.75. The van der Waals surface area contributed by atoms with Crippen LogP contribution < -0.4 is 15.6 Å². The van der Waals surface area contributed by atoms with E-state index in [4.69, 9.17) is 9.47 Å². The highest BCUT2D eigenvalue weighted by Gasteiger charge is 2.36. The minimum atomic E-state index is -4.90. The summed E-state index contributed by atoms with van der Waals surface area (Å²) in [6, 6.07) is 20.7. The molecule has 11 heteroatoms. The van der Waals surface area contributed by atoms with Crippen molar-refractivity contribution in [3.63, 3.8) is 0 Å². The number of carbonyl (C=O) groups is 1. The normalized spacial score (nSPS) is 11.3. The fourth-order valence-electron chi connectivity index (χ4n) is 4.70. The molecule has 1 N–H and O–H groups in total. The van der Waals surface area contributed by atoms with Gasteiger partial charge in [-0.05, 0) is 106 Å². The molecule has 1 amide bonds. The van der Waals surface area contributed by atoms with Crippen molar-refractivity contribution >= 4 is 11.8 Å². The van der Waals surface area contributed by atoms with Crippen LogP contribution in [0.1, 0.15) is 34.2 Å². The number of carbonyl (C=O) groups excluding carboxylic acids is 1. The van der Waals surface area contributed by atoms with Gasteiger partial charge in [-0.1, -0.05) is 23.8 Å². The predicted octanol–water partition coefficient (Wildman–Crippen LogP) is 7.36. The Morgan fingerprint density at radius 1 is 0.978 bits per heavy atom. The summed E-state index contributed by atoms with van der Waals surface area (Å²) in [4.78, 5) is 27.3. The lowest BCUT2D eigenvalue weighted by molar-refractivity contribution is -0.137. The van der Waals surface area contributed by atoms with Crippen molar-refractivity contribution < 1.29 is 27.4 Å². The van der Waals surface area contributed by atoms with Gasteiger partial charge in [0.15, 0.2) is 0 Å². The number of amides is 1. The molecule has 0 atom stereocenters. The third-order valence-corrected chi connectivity index (χ3v) is 7.01. The molecule has 0 aliphatic carbocycles. The van der Waals surface area contributed by atoms with E-state index in [1.54, 1.807) is 48.5 Å². The number of aryl methyl sites for hydroxylation is 2. The Hall–Kier alpha value is -5.08. The van der Waals surface area contributed by atoms with Crippen LogP contribution in [0, 0.1) is 25.2 Å². The molecule has 45 heavy (non-hydrogen) atoms. The standard InChI is InChI=1S/C34H33F3N4O4/c1-22-6-7-25(23(2)18-22)21-41-31(19-30(34(35,36)37)29(20-38)32(41)42)24-8-12-27(13-9-24)45-28-14-10-26(11-15-28)39-33(43)44-17-5-16-40(3)4/h6-15,18-19H,5,16-17,21H2,1-4H3,(H,39,43). The Kier molecular flexibility index (Phi) is 10.3. The number of benzene rings is 3. The first-order valence-corrected chi connectivity index (χ1v) is 14.1. The third-order valence-electron chi connectivity index (χ3n) is 7.01. The minimum Gasteiger partial charge on any atom is -0.457 e. The van der Waals surface area contributed by atoms with Crippen LogP contribution in [0.4, 0.5) is 23.7 Å². The van der Waals surface area contributed by atoms with Gasteiger partial charge in [0, 0.05) is 12.2 Å². The fourth-order valence-corrected chi connectivity index (χ4v) is 4.70. The quantitative estimate of drug-likeness (QED) is 0.187. The summed E-state index contributed by atoms with van der Waals surface area (Å²) in [5.74, 6) is 0.852. The zero-order valence-corrected chi connectivity index (χ0v) is 25.4. The summed E-state index contributed by atoms with van der Waals surface area (Å²) in [5, 5.41) is 12.1. The Bertz CT molecular complexity index is 1760. The smallest absolute Gasteiger partial charge is 0.417 e. The van der Waals surface area contributed by atoms with Crippen LogP contribution in [0.3, 0.4) is 0 Å². The van der Waals surface area contributed by atoms with Crippen LogP contribution in [0.2, 0.25) is 0 Å². The van der Waals surface area contributed by atoms with Gasteiger partial charge in [-0.3, -0.25) is 10.1 Å². The van der Waals surface area contributed by atoms with Crippen LogP contribution in [-0.4, -0.2) is 42.8 Å². The number of nitrogens with one attached hydrogen (secondary N) is 1. The SMILES string of the molecule is Cc1ccc(Cn2c(-c3ccc(Oc4ccc(NC(=O)OCCCN(C)C)cc4)cc3)cc(C(F)(F)F)c(C#N)c2=O)c(C)c1. The molecular weight excluding hydrogens is 585 g/mol. The van der Waals surface area contributed by atoms with Gasteiger partial charge >= 0.3 is 12.3 Å². The number of hydrogen-bond donors (Lipinski definition) is 1. The van der Waals surface area contributed by atoms with E-state index >= 15 is 0 Å². The van der Waals surface area contributed by atoms with Crippen LogP contribution in [0.15, 0.2) is 77.6 Å². The molecule has 8 nitrogen and oxygen atoms in total. The number of nitriles is 1. The molecule has 0 unspecified atom stereocenters. The Morgan fingerprint density at radius 3 is 2.20 bits per heavy atom. The van der Waals surface area contributed by atoms with E-state index in [9.17, 15) is 28.0 Å². The summed E-state index contributed by atoms with van der Waals surface area (Å²) in [5.41, 5.74) is 0.219. The van der Waals surface area contributed by atoms with E-state index in [2.05, 4.69) is 5.32 Å². The molecule has 1 aromatic heterocycles. The van der Waals surface area contributed by atoms with Gasteiger partial charge in [-0.2, -0.15) is 18.4 Å². The molecule has 1 heterocycles. The van der Waals surface area contributed by atoms with E-state index in [1.807, 2.05) is 51.0 Å². The molecule has 4 aromatic rings. The Labute approximate surface area is 259 Å². The number of alkyl halides is 3. The highest BCUT2D eigenvalue weighted by Crippen LogP contribution is 2.34. The van der Waals surface area contributed by atoms with Gasteiger partial charge in [0.2, 0.25) is 0 Å². The van der Waals surface area contributed by atoms with Gasteiger partial charge in [-0.15, -0.1) is 0 Å². The maximum absolute atomic E-state index is 13.9. The molecule has 0 radical (unpaired) electrons. The first-order valence-electron chi connectivity index (χ1n) is 14.1. The van der Waals surface area contributed by atoms with E-state index in [0.717, 1.165) is 29.3 Å². The maximum atomic E-state index is 13.9. The number of ether oxygens (including phenoxy) is 2. The number of halogens is 3. The van der Waals surface area contributed by atoms with E-state index in [0.29, 0.717) is 35.8 Å². The van der Waals surface area contributed by atoms with Gasteiger partial charge in [0.25, 0.3) is 5.56 Å². The molecule has 0 saturated carbocycles. The van der Waals surface area contributed by atoms with Crippen LogP contribution in [-0.2, 0) is 17.5 Å². The summed E-state index contributed by atoms with van der Waals surface area (Å²) in [7, 11) is 3.88. The van der Waals surface area contributed by atoms with Gasteiger partial charge in [-0.25, -0.2) is 4.79 Å². The molecule has 0 aliphatic heterocycles. The second-order valence-electron chi connectivity index (χ2n) is 10.8. The predicted molar refractivity (Wildman–Crippen MR) is 166 cm³/mol. The molecule has 4 rings (SSSR count). The van der Waals surface area contributed by atoms with Crippen molar-refractivity contribution in [1.82, 2.24) is 9.47 Å². The summed E-state index contributed by atoms with van der Waals surface area (Å²) in [6.45, 7) is 4.85. The van der Waals surface area contributed by atoms with Crippen molar-refractivity contribution in [2.24, 2.45) is 0 Å². The molecule has 234 valence electrons. The second kappa shape index (κ2) is 14.1. The molecule has 0 fully saturated rings. The molecule has 0 bridgehead atoms. The van der Waals surface area contributed by atoms with E-state index in [-0.39, 0.29) is 12.2 Å². The highest BCUT2D eigenvalue weighted by molar-refractivity contribution is 5.84. The number of hydrogen-bond acceptors (Lipinski definition) is 6. The molecule has 0 aliphatic rings. The number of aromatic nitrogens is 1. The minimum absolute atomic E-state index is 0.0156. The van der Waals surface area contributed by atoms with Crippen molar-refractivity contribution in [2.75, 3.05) is 32.6 Å². The number of pyridine rings is 1. The first-order chi connectivity index (χ1) is 21.3. The maximum Gasteiger partial charge on any atom is 0.417 e. The summed E-state index contributed by atoms with van der Waals surface area (Å²) >= 11 is 0. The van der Waals surface area contributed by atoms with Gasteiger partial charge in [0.1, 0.15) is 23.1 Å². The van der Waals surface area contributed by atoms with Crippen LogP contribution in [0.5, 0.6) is 11.5 Å². The second-order valence-corrected chi connectivity index (χ2v) is 10.8. The Balaban J connectivity index is 1.56. The topological polar surface area (TPSA) is 96.6 Å². The lowest BCUT2D eigenvalue weighted by Gasteiger charge is -2.19. The van der Waals surface area contributed by atoms with Crippen LogP contribution in [0.25, 0.3) is 11.3 Å². The van der Waals surface area contributed by atoms with Crippen molar-refractivity contribution in [3.05, 3.63) is 111 Å². The molecule has 3 aromatic carbocycles. The van der Waals surface area contributed by atoms with E-state index < -0.39 is 29.0 Å². The molecule has 0 saturated heterocycles. The summed E-state index contributed by atoms with van der Waals surface area (Å²) < 4.78 is 54.0. The molecular formula is C34H33F3N4O4. The van der Waals surface area contributed by atoms with Crippen molar-refractivity contribution in [1.29, 1.82) is 5.26 Å². The average molecular weight is 619 g/mol. The number of rotatable bonds is 10. The molecule has 0 spiro atoms. The van der Waals surface area contributed by atoms with Crippen molar-refractivity contribution in [3.8, 4) is 28.8 Å². The van der Waals surface area contributed by atoms with E-state index in [1.165, 1.54) is 10.6 Å². The largest absolute Gasteiger partial charge is 0.457 e. The number of anilines is 1.